The topological polar surface area (TPSA) is 26.3 Å². The van der Waals surface area contributed by atoms with Crippen molar-refractivity contribution in [2.24, 2.45) is 0 Å². The molecule has 2 nitrogen and oxygen atoms in total. The van der Waals surface area contributed by atoms with E-state index in [4.69, 9.17) is 0 Å². The zero-order chi connectivity index (χ0) is 11.3. The van der Waals surface area contributed by atoms with Gasteiger partial charge in [-0.2, -0.15) is 0 Å². The van der Waals surface area contributed by atoms with Crippen molar-refractivity contribution >= 4 is 12.5 Å². The van der Waals surface area contributed by atoms with Crippen LogP contribution in [0.3, 0.4) is 0 Å². The van der Waals surface area contributed by atoms with E-state index in [0.717, 1.165) is 0 Å². The average molecular weight is 204 g/mol. The van der Waals surface area contributed by atoms with Crippen LogP contribution in [0.25, 0.3) is 6.08 Å². The predicted molar refractivity (Wildman–Crippen MR) is 61.7 cm³/mol. The van der Waals surface area contributed by atoms with Gasteiger partial charge in [-0.25, -0.2) is 0 Å². The van der Waals surface area contributed by atoms with Crippen molar-refractivity contribution in [3.63, 3.8) is 0 Å². The lowest BCUT2D eigenvalue weighted by Gasteiger charge is -2.06. The summed E-state index contributed by atoms with van der Waals surface area (Å²) in [5.74, 6) is 0. The van der Waals surface area contributed by atoms with Crippen LogP contribution in [0.4, 0.5) is 0 Å². The van der Waals surface area contributed by atoms with Gasteiger partial charge in [0, 0.05) is 0 Å². The monoisotopic (exact) mass is 204 g/mol. The summed E-state index contributed by atoms with van der Waals surface area (Å²) in [6, 6.07) is 4.29. The third-order valence-corrected chi connectivity index (χ3v) is 2.28. The Morgan fingerprint density at radius 3 is 2.33 bits per heavy atom. The maximum absolute atomic E-state index is 9.94. The van der Waals surface area contributed by atoms with E-state index in [0.29, 0.717) is 13.1 Å². The number of benzene rings is 1. The highest BCUT2D eigenvalue weighted by Crippen LogP contribution is 2.17. The molecular formula is C13H16O2. The smallest absolute Gasteiger partial charge is 0.293 e. The molecule has 0 saturated carbocycles. The standard InChI is InChI=1S/C13H16O2/c1-10-7-11(2)13(12(3)8-10)5-4-6-15-9-14/h4-5,7-9H,6H2,1-3H3. The molecule has 0 radical (unpaired) electrons. The molecule has 0 fully saturated rings. The molecule has 0 unspecified atom stereocenters. The molecule has 0 saturated heterocycles. The molecule has 0 aliphatic carbocycles. The van der Waals surface area contributed by atoms with Gasteiger partial charge in [-0.15, -0.1) is 0 Å². The summed E-state index contributed by atoms with van der Waals surface area (Å²) >= 11 is 0. The Morgan fingerprint density at radius 2 is 1.80 bits per heavy atom. The zero-order valence-corrected chi connectivity index (χ0v) is 9.41. The van der Waals surface area contributed by atoms with E-state index in [-0.39, 0.29) is 0 Å². The molecule has 0 aliphatic rings. The normalized spacial score (nSPS) is 10.6. The number of hydrogen-bond acceptors (Lipinski definition) is 2. The maximum Gasteiger partial charge on any atom is 0.293 e. The minimum Gasteiger partial charge on any atom is -0.464 e. The van der Waals surface area contributed by atoms with Gasteiger partial charge in [-0.05, 0) is 43.5 Å². The first-order valence-electron chi connectivity index (χ1n) is 4.95. The minimum atomic E-state index is 0.330. The lowest BCUT2D eigenvalue weighted by atomic mass is 9.99. The summed E-state index contributed by atoms with van der Waals surface area (Å²) in [7, 11) is 0. The highest BCUT2D eigenvalue weighted by atomic mass is 16.5. The first kappa shape index (κ1) is 11.5. The van der Waals surface area contributed by atoms with Crippen LogP contribution in [0, 0.1) is 20.8 Å². The van der Waals surface area contributed by atoms with E-state index in [1.54, 1.807) is 0 Å². The number of hydrogen-bond donors (Lipinski definition) is 0. The van der Waals surface area contributed by atoms with Crippen LogP contribution in [0.1, 0.15) is 22.3 Å². The molecule has 0 spiro atoms. The van der Waals surface area contributed by atoms with E-state index in [9.17, 15) is 4.79 Å². The van der Waals surface area contributed by atoms with Crippen LogP contribution in [0.15, 0.2) is 18.2 Å². The molecular weight excluding hydrogens is 188 g/mol. The Balaban J connectivity index is 2.85. The largest absolute Gasteiger partial charge is 0.464 e. The molecule has 0 atom stereocenters. The molecule has 0 bridgehead atoms. The quantitative estimate of drug-likeness (QED) is 0.557. The highest BCUT2D eigenvalue weighted by Gasteiger charge is 1.99. The van der Waals surface area contributed by atoms with Crippen molar-refractivity contribution in [2.75, 3.05) is 6.61 Å². The molecule has 80 valence electrons. The van der Waals surface area contributed by atoms with Crippen molar-refractivity contribution in [2.45, 2.75) is 20.8 Å². The van der Waals surface area contributed by atoms with Gasteiger partial charge in [-0.1, -0.05) is 23.8 Å². The van der Waals surface area contributed by atoms with Gasteiger partial charge in [0.2, 0.25) is 0 Å². The van der Waals surface area contributed by atoms with E-state index in [1.165, 1.54) is 22.3 Å². The Morgan fingerprint density at radius 1 is 1.20 bits per heavy atom. The first-order valence-corrected chi connectivity index (χ1v) is 4.95. The molecule has 0 aliphatic heterocycles. The Hall–Kier alpha value is -1.57. The summed E-state index contributed by atoms with van der Waals surface area (Å²) < 4.78 is 4.59. The van der Waals surface area contributed by atoms with Gasteiger partial charge < -0.3 is 4.74 Å². The molecule has 0 amide bonds. The number of rotatable bonds is 4. The number of ether oxygens (including phenoxy) is 1. The summed E-state index contributed by atoms with van der Waals surface area (Å²) in [6.45, 7) is 7.04. The molecule has 1 rings (SSSR count). The molecule has 0 aromatic heterocycles. The van der Waals surface area contributed by atoms with Crippen molar-refractivity contribution in [3.05, 3.63) is 40.5 Å². The molecule has 1 aromatic carbocycles. The third-order valence-electron chi connectivity index (χ3n) is 2.28. The number of carbonyl (C=O) groups is 1. The number of carbonyl (C=O) groups excluding carboxylic acids is 1. The van der Waals surface area contributed by atoms with Crippen LogP contribution >= 0.6 is 0 Å². The maximum atomic E-state index is 9.94. The fraction of sp³-hybridized carbons (Fsp3) is 0.308. The molecule has 0 N–H and O–H groups in total. The SMILES string of the molecule is Cc1cc(C)c(C=CCOC=O)c(C)c1. The molecule has 15 heavy (non-hydrogen) atoms. The van der Waals surface area contributed by atoms with E-state index in [2.05, 4.69) is 37.6 Å². The summed E-state index contributed by atoms with van der Waals surface area (Å²) in [6.07, 6.45) is 3.84. The Kier molecular flexibility index (Phi) is 4.10. The zero-order valence-electron chi connectivity index (χ0n) is 9.41. The lowest BCUT2D eigenvalue weighted by Crippen LogP contribution is -1.90. The number of aryl methyl sites for hydroxylation is 3. The molecule has 0 heterocycles. The Labute approximate surface area is 90.6 Å². The summed E-state index contributed by atoms with van der Waals surface area (Å²) in [5, 5.41) is 0. The molecule has 2 heteroatoms. The third kappa shape index (κ3) is 3.24. The van der Waals surface area contributed by atoms with Crippen LogP contribution < -0.4 is 0 Å². The first-order chi connectivity index (χ1) is 7.15. The van der Waals surface area contributed by atoms with Gasteiger partial charge in [-0.3, -0.25) is 4.79 Å². The summed E-state index contributed by atoms with van der Waals surface area (Å²) in [4.78, 5) is 9.94. The van der Waals surface area contributed by atoms with Gasteiger partial charge >= 0.3 is 0 Å². The van der Waals surface area contributed by atoms with Crippen LogP contribution in [-0.4, -0.2) is 13.1 Å². The Bertz CT molecular complexity index is 355. The summed E-state index contributed by atoms with van der Waals surface area (Å²) in [5.41, 5.74) is 4.96. The van der Waals surface area contributed by atoms with Crippen LogP contribution in [0.2, 0.25) is 0 Å². The predicted octanol–water partition coefficient (Wildman–Crippen LogP) is 2.80. The second-order valence-corrected chi connectivity index (χ2v) is 3.64. The second kappa shape index (κ2) is 5.35. The van der Waals surface area contributed by atoms with Crippen molar-refractivity contribution in [3.8, 4) is 0 Å². The van der Waals surface area contributed by atoms with Crippen LogP contribution in [-0.2, 0) is 9.53 Å². The fourth-order valence-electron chi connectivity index (χ4n) is 1.71. The average Bonchev–Trinajstić information content (AvgIpc) is 2.15. The van der Waals surface area contributed by atoms with E-state index in [1.807, 2.05) is 12.2 Å². The van der Waals surface area contributed by atoms with Crippen molar-refractivity contribution < 1.29 is 9.53 Å². The molecule has 1 aromatic rings. The van der Waals surface area contributed by atoms with Gasteiger partial charge in [0.05, 0.1) is 0 Å². The van der Waals surface area contributed by atoms with E-state index < -0.39 is 0 Å². The van der Waals surface area contributed by atoms with Crippen LogP contribution in [0.5, 0.6) is 0 Å². The van der Waals surface area contributed by atoms with Crippen molar-refractivity contribution in [1.29, 1.82) is 0 Å². The highest BCUT2D eigenvalue weighted by molar-refractivity contribution is 5.58. The minimum absolute atomic E-state index is 0.330. The van der Waals surface area contributed by atoms with Gasteiger partial charge in [0.25, 0.3) is 6.47 Å². The second-order valence-electron chi connectivity index (χ2n) is 3.64. The van der Waals surface area contributed by atoms with Crippen molar-refractivity contribution in [1.82, 2.24) is 0 Å². The van der Waals surface area contributed by atoms with E-state index >= 15 is 0 Å². The fourth-order valence-corrected chi connectivity index (χ4v) is 1.71. The lowest BCUT2D eigenvalue weighted by molar-refractivity contribution is -0.127. The van der Waals surface area contributed by atoms with Gasteiger partial charge in [0.15, 0.2) is 0 Å². The van der Waals surface area contributed by atoms with Gasteiger partial charge in [0.1, 0.15) is 6.61 Å².